The molecule has 0 unspecified atom stereocenters. The lowest BCUT2D eigenvalue weighted by Gasteiger charge is -2.11. The quantitative estimate of drug-likeness (QED) is 0.477. The van der Waals surface area contributed by atoms with Crippen LogP contribution in [0.3, 0.4) is 0 Å². The van der Waals surface area contributed by atoms with E-state index in [-0.39, 0.29) is 14.7 Å². The van der Waals surface area contributed by atoms with Crippen LogP contribution in [0, 0.1) is 21.7 Å². The van der Waals surface area contributed by atoms with E-state index in [1.54, 1.807) is 12.5 Å². The number of nitrogens with zero attached hydrogens (tertiary/aromatic N) is 1. The van der Waals surface area contributed by atoms with E-state index < -0.39 is 22.2 Å². The molecule has 0 atom stereocenters. The summed E-state index contributed by atoms with van der Waals surface area (Å²) < 4.78 is 27.9. The van der Waals surface area contributed by atoms with Crippen LogP contribution in [0.1, 0.15) is 0 Å². The average molecular weight is 297 g/mol. The Bertz CT molecular complexity index is 468. The van der Waals surface area contributed by atoms with Gasteiger partial charge in [0.25, 0.3) is 0 Å². The van der Waals surface area contributed by atoms with Crippen molar-refractivity contribution in [1.82, 2.24) is 0 Å². The lowest BCUT2D eigenvalue weighted by Crippen LogP contribution is -2.02. The van der Waals surface area contributed by atoms with Crippen LogP contribution in [0.5, 0.6) is 0 Å². The molecule has 0 heterocycles. The van der Waals surface area contributed by atoms with Gasteiger partial charge < -0.3 is 0 Å². The molecule has 0 fully saturated rings. The van der Waals surface area contributed by atoms with Gasteiger partial charge in [-0.1, -0.05) is 0 Å². The largest absolute Gasteiger partial charge is 0.322 e. The second-order valence-electron chi connectivity index (χ2n) is 2.83. The van der Waals surface area contributed by atoms with Crippen molar-refractivity contribution in [3.63, 3.8) is 0 Å². The molecular weight excluding hydrogens is 288 g/mol. The van der Waals surface area contributed by atoms with E-state index in [4.69, 9.17) is 0 Å². The first-order valence-electron chi connectivity index (χ1n) is 4.30. The summed E-state index contributed by atoms with van der Waals surface area (Å²) in [5.74, 6) is -1.68. The highest BCUT2D eigenvalue weighted by molar-refractivity contribution is 8.01. The molecule has 0 aromatic heterocycles. The zero-order valence-corrected chi connectivity index (χ0v) is 11.7. The number of thioether (sulfide) groups is 3. The van der Waals surface area contributed by atoms with Crippen LogP contribution in [-0.4, -0.2) is 23.7 Å². The third-order valence-corrected chi connectivity index (χ3v) is 4.52. The zero-order valence-electron chi connectivity index (χ0n) is 9.24. The molecule has 17 heavy (non-hydrogen) atoms. The Morgan fingerprint density at radius 3 is 1.71 bits per heavy atom. The second kappa shape index (κ2) is 5.92. The summed E-state index contributed by atoms with van der Waals surface area (Å²) in [6.07, 6.45) is 4.64. The number of nitro benzene ring substituents is 1. The minimum atomic E-state index is -0.961. The van der Waals surface area contributed by atoms with Gasteiger partial charge in [-0.05, 0) is 18.8 Å². The van der Waals surface area contributed by atoms with Crippen molar-refractivity contribution >= 4 is 41.0 Å². The fourth-order valence-corrected chi connectivity index (χ4v) is 3.64. The highest BCUT2D eigenvalue weighted by Gasteiger charge is 2.30. The number of hydrogen-bond acceptors (Lipinski definition) is 5. The summed E-state index contributed by atoms with van der Waals surface area (Å²) in [6, 6.07) is 0. The monoisotopic (exact) mass is 297 g/mol. The topological polar surface area (TPSA) is 43.1 Å². The lowest BCUT2D eigenvalue weighted by atomic mass is 10.3. The van der Waals surface area contributed by atoms with Crippen LogP contribution in [0.2, 0.25) is 0 Å². The molecule has 3 nitrogen and oxygen atoms in total. The number of rotatable bonds is 4. The van der Waals surface area contributed by atoms with Crippen LogP contribution < -0.4 is 0 Å². The Morgan fingerprint density at radius 2 is 1.35 bits per heavy atom. The first-order chi connectivity index (χ1) is 7.99. The Labute approximate surface area is 110 Å². The molecule has 0 spiro atoms. The molecular formula is C9H9F2NO2S3. The molecule has 94 valence electrons. The SMILES string of the molecule is CSc1c(F)c(SC)c([N+](=O)[O-])c(F)c1SC. The van der Waals surface area contributed by atoms with Gasteiger partial charge in [0.15, 0.2) is 5.82 Å². The van der Waals surface area contributed by atoms with E-state index in [9.17, 15) is 18.9 Å². The van der Waals surface area contributed by atoms with Crippen molar-refractivity contribution < 1.29 is 13.7 Å². The highest BCUT2D eigenvalue weighted by atomic mass is 32.2. The van der Waals surface area contributed by atoms with Gasteiger partial charge in [0, 0.05) is 0 Å². The van der Waals surface area contributed by atoms with Crippen LogP contribution in [0.4, 0.5) is 14.5 Å². The molecule has 0 bridgehead atoms. The van der Waals surface area contributed by atoms with Gasteiger partial charge in [0.1, 0.15) is 4.90 Å². The Kier molecular flexibility index (Phi) is 5.08. The predicted molar refractivity (Wildman–Crippen MR) is 68.4 cm³/mol. The van der Waals surface area contributed by atoms with E-state index in [0.29, 0.717) is 0 Å². The molecule has 1 rings (SSSR count). The van der Waals surface area contributed by atoms with E-state index in [2.05, 4.69) is 0 Å². The molecule has 0 saturated carbocycles. The van der Waals surface area contributed by atoms with Gasteiger partial charge in [-0.3, -0.25) is 10.1 Å². The smallest absolute Gasteiger partial charge is 0.258 e. The van der Waals surface area contributed by atoms with Crippen molar-refractivity contribution in [2.45, 2.75) is 14.7 Å². The molecule has 1 aromatic rings. The molecule has 0 aliphatic heterocycles. The minimum absolute atomic E-state index is 0.0144. The summed E-state index contributed by atoms with van der Waals surface area (Å²) in [6.45, 7) is 0. The number of nitro groups is 1. The maximum Gasteiger partial charge on any atom is 0.322 e. The minimum Gasteiger partial charge on any atom is -0.258 e. The van der Waals surface area contributed by atoms with E-state index in [1.807, 2.05) is 0 Å². The van der Waals surface area contributed by atoms with Gasteiger partial charge in [-0.25, -0.2) is 4.39 Å². The van der Waals surface area contributed by atoms with Gasteiger partial charge in [-0.15, -0.1) is 35.3 Å². The molecule has 8 heteroatoms. The average Bonchev–Trinajstić information content (AvgIpc) is 2.29. The first kappa shape index (κ1) is 14.6. The lowest BCUT2D eigenvalue weighted by molar-refractivity contribution is -0.391. The van der Waals surface area contributed by atoms with Gasteiger partial charge in [-0.2, -0.15) is 4.39 Å². The summed E-state index contributed by atoms with van der Waals surface area (Å²) in [7, 11) is 0. The number of halogens is 2. The normalized spacial score (nSPS) is 10.6. The van der Waals surface area contributed by atoms with Crippen LogP contribution in [-0.2, 0) is 0 Å². The fraction of sp³-hybridized carbons (Fsp3) is 0.333. The van der Waals surface area contributed by atoms with Crippen LogP contribution >= 0.6 is 35.3 Å². The van der Waals surface area contributed by atoms with Crippen LogP contribution in [0.25, 0.3) is 0 Å². The maximum absolute atomic E-state index is 14.0. The zero-order chi connectivity index (χ0) is 13.2. The maximum atomic E-state index is 14.0. The van der Waals surface area contributed by atoms with Gasteiger partial charge in [0.2, 0.25) is 5.82 Å². The highest BCUT2D eigenvalue weighted by Crippen LogP contribution is 2.43. The number of benzene rings is 1. The van der Waals surface area contributed by atoms with Crippen molar-refractivity contribution in [2.75, 3.05) is 18.8 Å². The van der Waals surface area contributed by atoms with Crippen molar-refractivity contribution in [3.8, 4) is 0 Å². The molecule has 0 radical (unpaired) electrons. The van der Waals surface area contributed by atoms with E-state index in [1.165, 1.54) is 6.26 Å². The Morgan fingerprint density at radius 1 is 0.941 bits per heavy atom. The van der Waals surface area contributed by atoms with Crippen molar-refractivity contribution in [2.24, 2.45) is 0 Å². The second-order valence-corrected chi connectivity index (χ2v) is 5.28. The predicted octanol–water partition coefficient (Wildman–Crippen LogP) is 4.04. The molecule has 1 aromatic carbocycles. The summed E-state index contributed by atoms with van der Waals surface area (Å²) in [4.78, 5) is 9.76. The van der Waals surface area contributed by atoms with Crippen molar-refractivity contribution in [1.29, 1.82) is 0 Å². The third-order valence-electron chi connectivity index (χ3n) is 2.02. The molecule has 0 N–H and O–H groups in total. The first-order valence-corrected chi connectivity index (χ1v) is 7.98. The standard InChI is InChI=1S/C9H9F2NO2S3/c1-15-7-5(11)9(17-3)8(16-2)4(10)6(7)12(13)14/h1-3H3. The van der Waals surface area contributed by atoms with Gasteiger partial charge >= 0.3 is 5.69 Å². The fourth-order valence-electron chi connectivity index (χ4n) is 1.33. The third kappa shape index (κ3) is 2.53. The number of hydrogen-bond donors (Lipinski definition) is 0. The Balaban J connectivity index is 3.73. The van der Waals surface area contributed by atoms with E-state index in [0.717, 1.165) is 35.3 Å². The summed E-state index contributed by atoms with van der Waals surface area (Å²) in [5.41, 5.74) is -0.780. The van der Waals surface area contributed by atoms with E-state index >= 15 is 0 Å². The Hall–Kier alpha value is -0.470. The molecule has 0 aliphatic carbocycles. The molecule has 0 saturated heterocycles. The molecule has 0 aliphatic rings. The summed E-state index contributed by atoms with van der Waals surface area (Å²) in [5, 5.41) is 10.8. The molecule has 0 amide bonds. The summed E-state index contributed by atoms with van der Waals surface area (Å²) >= 11 is 2.83. The van der Waals surface area contributed by atoms with Crippen molar-refractivity contribution in [3.05, 3.63) is 21.7 Å². The van der Waals surface area contributed by atoms with Gasteiger partial charge in [0.05, 0.1) is 14.7 Å². The van der Waals surface area contributed by atoms with Crippen LogP contribution in [0.15, 0.2) is 14.7 Å².